The lowest BCUT2D eigenvalue weighted by Gasteiger charge is -2.27. The van der Waals surface area contributed by atoms with Crippen LogP contribution in [0.15, 0.2) is 0 Å². The van der Waals surface area contributed by atoms with Gasteiger partial charge >= 0.3 is 0 Å². The third-order valence-electron chi connectivity index (χ3n) is 11.1. The van der Waals surface area contributed by atoms with Gasteiger partial charge in [0.2, 0.25) is 41.4 Å². The van der Waals surface area contributed by atoms with E-state index in [9.17, 15) is 33.6 Å². The lowest BCUT2D eigenvalue weighted by molar-refractivity contribution is -0.135. The van der Waals surface area contributed by atoms with E-state index in [0.29, 0.717) is 136 Å². The van der Waals surface area contributed by atoms with Gasteiger partial charge in [0, 0.05) is 0 Å². The fourth-order valence-electron chi connectivity index (χ4n) is 7.24. The maximum absolute atomic E-state index is 14.1. The Bertz CT molecular complexity index is 1070. The first-order valence-electron chi connectivity index (χ1n) is 23.4. The van der Waals surface area contributed by atoms with E-state index < -0.39 is 83.6 Å². The predicted octanol–water partition coefficient (Wildman–Crippen LogP) is -2.70. The first kappa shape index (κ1) is 57.0. The molecule has 0 bridgehead atoms. The summed E-state index contributed by atoms with van der Waals surface area (Å²) in [5.74, 6) is -4.48. The Morgan fingerprint density at radius 2 is 0.333 bits per heavy atom. The van der Waals surface area contributed by atoms with Crippen molar-refractivity contribution in [3.8, 4) is 0 Å². The van der Waals surface area contributed by atoms with Gasteiger partial charge < -0.3 is 77.4 Å². The normalized spacial score (nSPS) is 23.7. The predicted molar refractivity (Wildman–Crippen MR) is 244 cm³/mol. The summed E-state index contributed by atoms with van der Waals surface area (Å²) in [6.45, 7) is 2.42. The molecule has 364 valence electrons. The molecule has 21 heteroatoms. The number of carbonyl (C=O) groups excluding carboxylic acids is 7. The Hall–Kier alpha value is -3.99. The summed E-state index contributed by atoms with van der Waals surface area (Å²) in [7, 11) is 0. The van der Waals surface area contributed by atoms with Crippen LogP contribution in [0, 0.1) is 0 Å². The zero-order valence-electron chi connectivity index (χ0n) is 37.7. The molecule has 0 aromatic carbocycles. The fraction of sp³-hybridized carbons (Fsp3) is 0.833. The number of carbonyl (C=O) groups is 7. The van der Waals surface area contributed by atoms with Crippen LogP contribution < -0.4 is 77.4 Å². The van der Waals surface area contributed by atoms with Crippen LogP contribution in [0.25, 0.3) is 0 Å². The van der Waals surface area contributed by atoms with Crippen LogP contribution in [-0.4, -0.2) is 129 Å². The van der Waals surface area contributed by atoms with Gasteiger partial charge in [-0.05, 0) is 181 Å². The highest BCUT2D eigenvalue weighted by Gasteiger charge is 2.35. The van der Waals surface area contributed by atoms with Crippen LogP contribution in [0.1, 0.15) is 135 Å². The van der Waals surface area contributed by atoms with Gasteiger partial charge in [-0.15, -0.1) is 0 Å². The third-order valence-corrected chi connectivity index (χ3v) is 11.1. The first-order chi connectivity index (χ1) is 30.4. The van der Waals surface area contributed by atoms with Gasteiger partial charge in [0.05, 0.1) is 0 Å². The van der Waals surface area contributed by atoms with Crippen LogP contribution in [0.4, 0.5) is 0 Å². The molecular weight excluding hydrogens is 813 g/mol. The van der Waals surface area contributed by atoms with Crippen LogP contribution in [0.2, 0.25) is 0 Å². The topological polar surface area (TPSA) is 386 Å². The van der Waals surface area contributed by atoms with E-state index in [1.54, 1.807) is 0 Å². The van der Waals surface area contributed by atoms with Crippen LogP contribution in [0.5, 0.6) is 0 Å². The molecule has 0 aliphatic carbocycles. The second kappa shape index (κ2) is 35.4. The molecule has 21 N–H and O–H groups in total. The van der Waals surface area contributed by atoms with Crippen LogP contribution >= 0.6 is 0 Å². The highest BCUT2D eigenvalue weighted by molar-refractivity contribution is 5.98. The molecule has 0 aromatic rings. The molecular formula is C42H84N14O7. The van der Waals surface area contributed by atoms with Gasteiger partial charge in [-0.2, -0.15) is 0 Å². The Labute approximate surface area is 374 Å². The molecule has 1 fully saturated rings. The van der Waals surface area contributed by atoms with Crippen molar-refractivity contribution >= 4 is 41.4 Å². The number of nitrogens with one attached hydrogen (secondary N) is 7. The highest BCUT2D eigenvalue weighted by Crippen LogP contribution is 2.13. The Morgan fingerprint density at radius 3 is 0.429 bits per heavy atom. The van der Waals surface area contributed by atoms with Gasteiger partial charge in [0.1, 0.15) is 42.3 Å². The van der Waals surface area contributed by atoms with Crippen molar-refractivity contribution in [2.75, 3.05) is 45.8 Å². The number of amides is 7. The molecule has 7 unspecified atom stereocenters. The molecule has 0 aromatic heterocycles. The average Bonchev–Trinajstić information content (AvgIpc) is 3.26. The third kappa shape index (κ3) is 24.0. The van der Waals surface area contributed by atoms with E-state index in [1.165, 1.54) is 0 Å². The molecule has 0 saturated carbocycles. The van der Waals surface area contributed by atoms with E-state index in [-0.39, 0.29) is 44.9 Å². The lowest BCUT2D eigenvalue weighted by Crippen LogP contribution is -2.59. The summed E-state index contributed by atoms with van der Waals surface area (Å²) in [4.78, 5) is 98.9. The van der Waals surface area contributed by atoms with Gasteiger partial charge in [0.25, 0.3) is 0 Å². The number of hydrogen-bond acceptors (Lipinski definition) is 14. The maximum Gasteiger partial charge on any atom is 0.243 e. The van der Waals surface area contributed by atoms with Crippen molar-refractivity contribution in [3.63, 3.8) is 0 Å². The lowest BCUT2D eigenvalue weighted by atomic mass is 10.0. The zero-order chi connectivity index (χ0) is 46.8. The van der Waals surface area contributed by atoms with E-state index in [2.05, 4.69) is 37.2 Å². The van der Waals surface area contributed by atoms with Crippen LogP contribution in [0.3, 0.4) is 0 Å². The molecule has 1 rings (SSSR count). The quantitative estimate of drug-likeness (QED) is 0.0356. The first-order valence-corrected chi connectivity index (χ1v) is 23.4. The van der Waals surface area contributed by atoms with Crippen molar-refractivity contribution < 1.29 is 33.6 Å². The minimum Gasteiger partial charge on any atom is -0.343 e. The second-order valence-corrected chi connectivity index (χ2v) is 16.4. The van der Waals surface area contributed by atoms with E-state index in [0.717, 1.165) is 0 Å². The Balaban J connectivity index is 3.96. The molecule has 7 amide bonds. The van der Waals surface area contributed by atoms with Crippen molar-refractivity contribution in [2.24, 2.45) is 40.1 Å². The molecule has 0 spiro atoms. The minimum absolute atomic E-state index is 0.176. The molecule has 1 saturated heterocycles. The Morgan fingerprint density at radius 1 is 0.222 bits per heavy atom. The highest BCUT2D eigenvalue weighted by atomic mass is 16.2. The number of unbranched alkanes of at least 4 members (excludes halogenated alkanes) is 7. The summed E-state index contributed by atoms with van der Waals surface area (Å²) < 4.78 is 0. The molecule has 7 atom stereocenters. The summed E-state index contributed by atoms with van der Waals surface area (Å²) in [6.07, 6.45) is 8.37. The van der Waals surface area contributed by atoms with E-state index >= 15 is 0 Å². The van der Waals surface area contributed by atoms with Crippen molar-refractivity contribution in [1.29, 1.82) is 0 Å². The molecule has 1 aliphatic rings. The molecule has 21 nitrogen and oxygen atoms in total. The second-order valence-electron chi connectivity index (χ2n) is 16.4. The zero-order valence-corrected chi connectivity index (χ0v) is 37.7. The summed E-state index contributed by atoms with van der Waals surface area (Å²) in [5.41, 5.74) is 40.4. The Kier molecular flexibility index (Phi) is 32.0. The number of hydrogen-bond donors (Lipinski definition) is 14. The summed E-state index contributed by atoms with van der Waals surface area (Å²) in [6, 6.07) is -7.87. The smallest absolute Gasteiger partial charge is 0.243 e. The summed E-state index contributed by atoms with van der Waals surface area (Å²) in [5, 5.41) is 19.7. The molecule has 1 heterocycles. The average molecular weight is 897 g/mol. The van der Waals surface area contributed by atoms with Gasteiger partial charge in [-0.3, -0.25) is 33.6 Å². The standard InChI is InChI=1S/C42H84N14O7/c43-22-8-1-15-29-36(57)51-31(17-3-10-24-45)38(59)53-33(19-5-12-26-47)40(61)55-35(21-7-14-28-49)42(63)56-34(20-6-13-27-48)41(62)54-32(18-4-11-25-46)39(60)52-30(37(58)50-29)16-2-9-23-44/h29-35H,1-28,43-49H2,(H,50,58)(H,51,57)(H,52,60)(H,53,59)(H,54,62)(H,55,61)(H,56,63). The molecule has 0 radical (unpaired) electrons. The minimum atomic E-state index is -1.12. The summed E-state index contributed by atoms with van der Waals surface area (Å²) >= 11 is 0. The van der Waals surface area contributed by atoms with Crippen molar-refractivity contribution in [3.05, 3.63) is 0 Å². The van der Waals surface area contributed by atoms with Crippen molar-refractivity contribution in [1.82, 2.24) is 37.2 Å². The molecule has 1 aliphatic heterocycles. The SMILES string of the molecule is NCCCCC1NC(=O)C(CCCCN)NC(=O)C(CCCCN)NC(=O)C(CCCCN)NC(=O)C(CCCCN)NC(=O)C(CCCCN)NC(=O)C(CCCCN)NC1=O. The van der Waals surface area contributed by atoms with Crippen molar-refractivity contribution in [2.45, 2.75) is 177 Å². The number of rotatable bonds is 28. The fourth-order valence-corrected chi connectivity index (χ4v) is 7.24. The maximum atomic E-state index is 14.1. The van der Waals surface area contributed by atoms with Gasteiger partial charge in [-0.25, -0.2) is 0 Å². The van der Waals surface area contributed by atoms with Crippen LogP contribution in [-0.2, 0) is 33.6 Å². The largest absolute Gasteiger partial charge is 0.343 e. The monoisotopic (exact) mass is 897 g/mol. The van der Waals surface area contributed by atoms with E-state index in [1.807, 2.05) is 0 Å². The van der Waals surface area contributed by atoms with E-state index in [4.69, 9.17) is 40.1 Å². The van der Waals surface area contributed by atoms with Gasteiger partial charge in [-0.1, -0.05) is 0 Å². The number of nitrogens with two attached hydrogens (primary N) is 7. The van der Waals surface area contributed by atoms with Gasteiger partial charge in [0.15, 0.2) is 0 Å². The molecule has 63 heavy (non-hydrogen) atoms.